The first-order chi connectivity index (χ1) is 13.6. The van der Waals surface area contributed by atoms with Gasteiger partial charge < -0.3 is 18.9 Å². The number of methoxy groups -OCH3 is 1. The maximum atomic E-state index is 12.0. The van der Waals surface area contributed by atoms with Crippen molar-refractivity contribution in [2.45, 2.75) is 31.0 Å². The fourth-order valence-corrected chi connectivity index (χ4v) is 4.26. The Morgan fingerprint density at radius 1 is 1.29 bits per heavy atom. The largest absolute Gasteiger partial charge is 0.496 e. The Hall–Kier alpha value is -2.38. The third kappa shape index (κ3) is 3.64. The van der Waals surface area contributed by atoms with Crippen molar-refractivity contribution in [2.75, 3.05) is 40.9 Å². The molecule has 0 bridgehead atoms. The Bertz CT molecular complexity index is 835. The van der Waals surface area contributed by atoms with Crippen LogP contribution in [-0.2, 0) is 9.53 Å². The first-order valence-electron chi connectivity index (χ1n) is 9.79. The lowest BCUT2D eigenvalue weighted by molar-refractivity contribution is -0.134. The highest BCUT2D eigenvalue weighted by atomic mass is 16.5. The van der Waals surface area contributed by atoms with Gasteiger partial charge in [0.15, 0.2) is 0 Å². The van der Waals surface area contributed by atoms with Gasteiger partial charge in [0.1, 0.15) is 11.6 Å². The van der Waals surface area contributed by atoms with Crippen LogP contribution in [0.25, 0.3) is 11.4 Å². The van der Waals surface area contributed by atoms with Crippen LogP contribution in [0, 0.1) is 0 Å². The number of nitrogens with zero attached hydrogens (tertiary/aromatic N) is 4. The van der Waals surface area contributed by atoms with Gasteiger partial charge in [0.2, 0.25) is 5.91 Å². The number of fused-ring (bicyclic) bond motifs is 1. The predicted octanol–water partition coefficient (Wildman–Crippen LogP) is 2.05. The van der Waals surface area contributed by atoms with Crippen molar-refractivity contribution in [1.29, 1.82) is 0 Å². The minimum absolute atomic E-state index is 0.0265. The van der Waals surface area contributed by atoms with E-state index < -0.39 is 0 Å². The van der Waals surface area contributed by atoms with Gasteiger partial charge in [0.25, 0.3) is 0 Å². The van der Waals surface area contributed by atoms with Crippen LogP contribution < -0.4 is 4.74 Å². The number of carbonyl (C=O) groups excluding carboxylic acids is 1. The molecule has 4 rings (SSSR count). The van der Waals surface area contributed by atoms with Gasteiger partial charge in [-0.1, -0.05) is 12.1 Å². The second kappa shape index (κ2) is 7.93. The lowest BCUT2D eigenvalue weighted by atomic mass is 10.1. The Morgan fingerprint density at radius 3 is 2.89 bits per heavy atom. The minimum atomic E-state index is -0.0265. The molecule has 0 aliphatic carbocycles. The first-order valence-corrected chi connectivity index (χ1v) is 9.79. The molecule has 150 valence electrons. The van der Waals surface area contributed by atoms with E-state index in [-0.39, 0.29) is 12.0 Å². The smallest absolute Gasteiger partial charge is 0.224 e. The van der Waals surface area contributed by atoms with Gasteiger partial charge in [-0.3, -0.25) is 9.69 Å². The predicted molar refractivity (Wildman–Crippen MR) is 106 cm³/mol. The van der Waals surface area contributed by atoms with Gasteiger partial charge in [-0.2, -0.15) is 0 Å². The zero-order valence-corrected chi connectivity index (χ0v) is 16.7. The molecule has 1 aromatic heterocycles. The molecule has 1 aromatic carbocycles. The molecule has 7 heteroatoms. The summed E-state index contributed by atoms with van der Waals surface area (Å²) in [6.07, 6.45) is 5.35. The monoisotopic (exact) mass is 384 g/mol. The Kier molecular flexibility index (Phi) is 5.37. The van der Waals surface area contributed by atoms with Crippen molar-refractivity contribution in [3.63, 3.8) is 0 Å². The molecule has 2 fully saturated rings. The topological polar surface area (TPSA) is 59.8 Å². The number of para-hydroxylation sites is 1. The highest BCUT2D eigenvalue weighted by molar-refractivity contribution is 5.76. The van der Waals surface area contributed by atoms with E-state index in [0.717, 1.165) is 36.6 Å². The summed E-state index contributed by atoms with van der Waals surface area (Å²) >= 11 is 0. The lowest BCUT2D eigenvalue weighted by Gasteiger charge is -2.35. The number of imidazole rings is 1. The molecule has 7 nitrogen and oxygen atoms in total. The summed E-state index contributed by atoms with van der Waals surface area (Å²) in [6.45, 7) is 2.43. The van der Waals surface area contributed by atoms with Gasteiger partial charge in [-0.25, -0.2) is 4.98 Å². The van der Waals surface area contributed by atoms with Gasteiger partial charge in [-0.15, -0.1) is 0 Å². The van der Waals surface area contributed by atoms with Gasteiger partial charge >= 0.3 is 0 Å². The zero-order valence-electron chi connectivity index (χ0n) is 16.7. The van der Waals surface area contributed by atoms with Crippen LogP contribution >= 0.6 is 0 Å². The van der Waals surface area contributed by atoms with Crippen LogP contribution in [0.4, 0.5) is 0 Å². The Morgan fingerprint density at radius 2 is 2.11 bits per heavy atom. The van der Waals surface area contributed by atoms with E-state index in [1.165, 1.54) is 0 Å². The van der Waals surface area contributed by atoms with Gasteiger partial charge in [0.05, 0.1) is 31.8 Å². The van der Waals surface area contributed by atoms with E-state index >= 15 is 0 Å². The van der Waals surface area contributed by atoms with Crippen molar-refractivity contribution in [3.8, 4) is 17.1 Å². The fraction of sp³-hybridized carbons (Fsp3) is 0.524. The fourth-order valence-electron chi connectivity index (χ4n) is 4.26. The van der Waals surface area contributed by atoms with Crippen molar-refractivity contribution in [1.82, 2.24) is 19.4 Å². The number of morpholine rings is 1. The van der Waals surface area contributed by atoms with Crippen LogP contribution in [0.15, 0.2) is 36.7 Å². The number of ether oxygens (including phenoxy) is 2. The number of carbonyl (C=O) groups is 1. The Labute approximate surface area is 165 Å². The maximum absolute atomic E-state index is 12.0. The van der Waals surface area contributed by atoms with Crippen molar-refractivity contribution >= 4 is 5.91 Å². The van der Waals surface area contributed by atoms with E-state index in [9.17, 15) is 4.79 Å². The zero-order chi connectivity index (χ0) is 19.7. The summed E-state index contributed by atoms with van der Waals surface area (Å²) in [7, 11) is 5.27. The highest BCUT2D eigenvalue weighted by Crippen LogP contribution is 2.36. The first kappa shape index (κ1) is 19.0. The third-order valence-electron chi connectivity index (χ3n) is 5.78. The summed E-state index contributed by atoms with van der Waals surface area (Å²) in [5, 5.41) is 0. The van der Waals surface area contributed by atoms with Gasteiger partial charge in [-0.05, 0) is 18.6 Å². The molecule has 2 aliphatic heterocycles. The van der Waals surface area contributed by atoms with Crippen LogP contribution in [0.2, 0.25) is 0 Å². The molecule has 2 aromatic rings. The summed E-state index contributed by atoms with van der Waals surface area (Å²) < 4.78 is 13.8. The van der Waals surface area contributed by atoms with Crippen LogP contribution in [0.3, 0.4) is 0 Å². The average Bonchev–Trinajstić information content (AvgIpc) is 3.34. The molecule has 3 atom stereocenters. The molecule has 28 heavy (non-hydrogen) atoms. The molecule has 0 spiro atoms. The minimum Gasteiger partial charge on any atom is -0.496 e. The third-order valence-corrected chi connectivity index (χ3v) is 5.78. The Balaban J connectivity index is 1.49. The average molecular weight is 384 g/mol. The van der Waals surface area contributed by atoms with Crippen molar-refractivity contribution < 1.29 is 14.3 Å². The van der Waals surface area contributed by atoms with E-state index in [4.69, 9.17) is 9.47 Å². The van der Waals surface area contributed by atoms with Crippen molar-refractivity contribution in [3.05, 3.63) is 36.7 Å². The lowest BCUT2D eigenvalue weighted by Crippen LogP contribution is -2.47. The van der Waals surface area contributed by atoms with Gasteiger partial charge in [0, 0.05) is 51.7 Å². The second-order valence-electron chi connectivity index (χ2n) is 7.80. The number of hydrogen-bond donors (Lipinski definition) is 0. The highest BCUT2D eigenvalue weighted by Gasteiger charge is 2.39. The molecule has 0 saturated carbocycles. The number of benzene rings is 1. The number of hydrogen-bond acceptors (Lipinski definition) is 5. The maximum Gasteiger partial charge on any atom is 0.224 e. The summed E-state index contributed by atoms with van der Waals surface area (Å²) in [5.41, 5.74) is 1.01. The molecule has 2 saturated heterocycles. The summed E-state index contributed by atoms with van der Waals surface area (Å²) in [5.74, 6) is 1.88. The molecule has 0 radical (unpaired) electrons. The SMILES string of the molecule is COc1ccccc1-c1nccn1[C@@H]1C[C@H]2CO[C@@H](CC(=O)N(C)C)CN2C1. The van der Waals surface area contributed by atoms with Crippen molar-refractivity contribution in [2.24, 2.45) is 0 Å². The van der Waals surface area contributed by atoms with E-state index in [1.54, 1.807) is 26.1 Å². The number of aromatic nitrogens is 2. The molecule has 1 amide bonds. The standard InChI is InChI=1S/C21H28N4O3/c1-23(2)20(26)11-17-13-24-12-15(10-16(24)14-28-17)25-9-8-22-21(25)18-6-4-5-7-19(18)27-3/h4-9,15-17H,10-14H2,1-3H3/t15-,16+,17+/m1/s1. The van der Waals surface area contributed by atoms with E-state index in [1.807, 2.05) is 30.5 Å². The van der Waals surface area contributed by atoms with Crippen LogP contribution in [-0.4, -0.2) is 78.3 Å². The second-order valence-corrected chi connectivity index (χ2v) is 7.80. The van der Waals surface area contributed by atoms with Crippen LogP contribution in [0.5, 0.6) is 5.75 Å². The number of amides is 1. The summed E-state index contributed by atoms with van der Waals surface area (Å²) in [6, 6.07) is 8.72. The molecule has 2 aliphatic rings. The normalized spacial score (nSPS) is 24.8. The van der Waals surface area contributed by atoms with Crippen LogP contribution in [0.1, 0.15) is 18.9 Å². The van der Waals surface area contributed by atoms with E-state index in [2.05, 4.69) is 20.6 Å². The number of rotatable bonds is 5. The molecule has 0 unspecified atom stereocenters. The molecular weight excluding hydrogens is 356 g/mol. The molecular formula is C21H28N4O3. The summed E-state index contributed by atoms with van der Waals surface area (Å²) in [4.78, 5) is 20.7. The van der Waals surface area contributed by atoms with E-state index in [0.29, 0.717) is 25.1 Å². The molecule has 3 heterocycles. The quantitative estimate of drug-likeness (QED) is 0.790. The molecule has 0 N–H and O–H groups in total.